The highest BCUT2D eigenvalue weighted by molar-refractivity contribution is 5.94. The molecule has 0 radical (unpaired) electrons. The lowest BCUT2D eigenvalue weighted by atomic mass is 10.1. The van der Waals surface area contributed by atoms with Crippen LogP contribution in [0.15, 0.2) is 24.3 Å². The molecule has 0 spiro atoms. The molecule has 0 aliphatic heterocycles. The van der Waals surface area contributed by atoms with Crippen molar-refractivity contribution in [2.75, 3.05) is 14.1 Å². The third-order valence-corrected chi connectivity index (χ3v) is 2.81. The number of rotatable bonds is 2. The molecule has 2 rings (SSSR count). The van der Waals surface area contributed by atoms with Crippen molar-refractivity contribution in [3.63, 3.8) is 0 Å². The molecule has 0 saturated heterocycles. The Bertz CT molecular complexity index is 659. The fourth-order valence-corrected chi connectivity index (χ4v) is 1.77. The molecule has 8 heteroatoms. The molecule has 0 bridgehead atoms. The molecule has 21 heavy (non-hydrogen) atoms. The standard InChI is InChI=1S/C13H13F3N4O/c1-19(2)11(21)9-6-4-8(5-7-9)10-17-12(13(14,15)16)20(3)18-10/h4-7H,1-3H3. The molecule has 0 atom stereocenters. The normalized spacial score (nSPS) is 11.5. The summed E-state index contributed by atoms with van der Waals surface area (Å²) < 4.78 is 38.7. The Hall–Kier alpha value is -2.38. The lowest BCUT2D eigenvalue weighted by Crippen LogP contribution is -2.21. The number of aryl methyl sites for hydroxylation is 1. The highest BCUT2D eigenvalue weighted by Gasteiger charge is 2.37. The summed E-state index contributed by atoms with van der Waals surface area (Å²) in [5.74, 6) is -1.29. The van der Waals surface area contributed by atoms with Gasteiger partial charge in [0.05, 0.1) is 0 Å². The lowest BCUT2D eigenvalue weighted by Gasteiger charge is -2.09. The predicted molar refractivity (Wildman–Crippen MR) is 69.5 cm³/mol. The van der Waals surface area contributed by atoms with E-state index < -0.39 is 12.0 Å². The van der Waals surface area contributed by atoms with Crippen LogP contribution < -0.4 is 0 Å². The van der Waals surface area contributed by atoms with Crippen LogP contribution in [0.5, 0.6) is 0 Å². The van der Waals surface area contributed by atoms with Crippen molar-refractivity contribution in [1.29, 1.82) is 0 Å². The largest absolute Gasteiger partial charge is 0.451 e. The van der Waals surface area contributed by atoms with Gasteiger partial charge in [0.25, 0.3) is 5.91 Å². The Balaban J connectivity index is 2.34. The van der Waals surface area contributed by atoms with Gasteiger partial charge >= 0.3 is 6.18 Å². The van der Waals surface area contributed by atoms with E-state index in [0.29, 0.717) is 15.8 Å². The molecule has 1 aromatic carbocycles. The minimum absolute atomic E-state index is 0.0336. The van der Waals surface area contributed by atoms with Crippen LogP contribution in [0.25, 0.3) is 11.4 Å². The molecular weight excluding hydrogens is 285 g/mol. The van der Waals surface area contributed by atoms with Gasteiger partial charge in [-0.05, 0) is 12.1 Å². The molecular formula is C13H13F3N4O. The van der Waals surface area contributed by atoms with Gasteiger partial charge in [0, 0.05) is 32.3 Å². The third kappa shape index (κ3) is 3.04. The third-order valence-electron chi connectivity index (χ3n) is 2.81. The Morgan fingerprint density at radius 2 is 1.76 bits per heavy atom. The van der Waals surface area contributed by atoms with E-state index >= 15 is 0 Å². The summed E-state index contributed by atoms with van der Waals surface area (Å²) in [6.45, 7) is 0. The summed E-state index contributed by atoms with van der Waals surface area (Å²) in [5, 5.41) is 3.75. The zero-order chi connectivity index (χ0) is 15.8. The van der Waals surface area contributed by atoms with Crippen LogP contribution in [-0.4, -0.2) is 39.7 Å². The van der Waals surface area contributed by atoms with E-state index in [1.807, 2.05) is 0 Å². The number of alkyl halides is 3. The summed E-state index contributed by atoms with van der Waals surface area (Å²) in [4.78, 5) is 16.6. The van der Waals surface area contributed by atoms with E-state index in [9.17, 15) is 18.0 Å². The summed E-state index contributed by atoms with van der Waals surface area (Å²) in [5.41, 5.74) is 0.854. The van der Waals surface area contributed by atoms with Crippen LogP contribution in [-0.2, 0) is 13.2 Å². The van der Waals surface area contributed by atoms with Crippen molar-refractivity contribution in [3.8, 4) is 11.4 Å². The fourth-order valence-electron chi connectivity index (χ4n) is 1.77. The minimum atomic E-state index is -4.55. The molecule has 0 unspecified atom stereocenters. The first-order chi connectivity index (χ1) is 9.70. The van der Waals surface area contributed by atoms with Crippen molar-refractivity contribution >= 4 is 5.91 Å². The van der Waals surface area contributed by atoms with Crippen LogP contribution >= 0.6 is 0 Å². The quantitative estimate of drug-likeness (QED) is 0.854. The van der Waals surface area contributed by atoms with Crippen molar-refractivity contribution < 1.29 is 18.0 Å². The van der Waals surface area contributed by atoms with Gasteiger partial charge in [0.15, 0.2) is 5.82 Å². The van der Waals surface area contributed by atoms with Crippen LogP contribution in [0.4, 0.5) is 13.2 Å². The fraction of sp³-hybridized carbons (Fsp3) is 0.308. The van der Waals surface area contributed by atoms with Crippen LogP contribution in [0.2, 0.25) is 0 Å². The van der Waals surface area contributed by atoms with Gasteiger partial charge < -0.3 is 4.90 Å². The second-order valence-electron chi connectivity index (χ2n) is 4.66. The molecule has 2 aromatic rings. The van der Waals surface area contributed by atoms with Gasteiger partial charge in [-0.3, -0.25) is 4.79 Å². The van der Waals surface area contributed by atoms with Crippen LogP contribution in [0.3, 0.4) is 0 Å². The zero-order valence-corrected chi connectivity index (χ0v) is 11.6. The minimum Gasteiger partial charge on any atom is -0.345 e. The lowest BCUT2D eigenvalue weighted by molar-refractivity contribution is -0.147. The summed E-state index contributed by atoms with van der Waals surface area (Å²) in [6, 6.07) is 6.10. The SMILES string of the molecule is CN(C)C(=O)c1ccc(-c2nc(C(F)(F)F)n(C)n2)cc1. The first-order valence-corrected chi connectivity index (χ1v) is 6.00. The Kier molecular flexibility index (Phi) is 3.71. The van der Waals surface area contributed by atoms with Crippen LogP contribution in [0.1, 0.15) is 16.2 Å². The molecule has 0 saturated carbocycles. The average molecular weight is 298 g/mol. The van der Waals surface area contributed by atoms with E-state index in [-0.39, 0.29) is 11.7 Å². The van der Waals surface area contributed by atoms with Gasteiger partial charge in [-0.15, -0.1) is 0 Å². The highest BCUT2D eigenvalue weighted by Crippen LogP contribution is 2.29. The number of hydrogen-bond acceptors (Lipinski definition) is 3. The van der Waals surface area contributed by atoms with Crippen LogP contribution in [0, 0.1) is 0 Å². The number of hydrogen-bond donors (Lipinski definition) is 0. The predicted octanol–water partition coefficient (Wildman–Crippen LogP) is 2.20. The first-order valence-electron chi connectivity index (χ1n) is 6.00. The first kappa shape index (κ1) is 15.0. The maximum absolute atomic E-state index is 12.7. The van der Waals surface area contributed by atoms with Gasteiger partial charge in [-0.1, -0.05) is 12.1 Å². The average Bonchev–Trinajstić information content (AvgIpc) is 2.80. The number of aromatic nitrogens is 3. The molecule has 112 valence electrons. The van der Waals surface area contributed by atoms with Crippen molar-refractivity contribution in [3.05, 3.63) is 35.7 Å². The number of benzene rings is 1. The number of amides is 1. The summed E-state index contributed by atoms with van der Waals surface area (Å²) >= 11 is 0. The van der Waals surface area contributed by atoms with Crippen molar-refractivity contribution in [2.24, 2.45) is 7.05 Å². The molecule has 1 amide bonds. The molecule has 0 aliphatic rings. The second kappa shape index (κ2) is 5.19. The zero-order valence-electron chi connectivity index (χ0n) is 11.6. The van der Waals surface area contributed by atoms with Gasteiger partial charge in [0.1, 0.15) is 0 Å². The van der Waals surface area contributed by atoms with E-state index in [2.05, 4.69) is 10.1 Å². The summed E-state index contributed by atoms with van der Waals surface area (Å²) in [6.07, 6.45) is -4.55. The van der Waals surface area contributed by atoms with Crippen molar-refractivity contribution in [2.45, 2.75) is 6.18 Å². The molecule has 1 aromatic heterocycles. The number of carbonyl (C=O) groups is 1. The van der Waals surface area contributed by atoms with Gasteiger partial charge in [-0.2, -0.15) is 18.3 Å². The second-order valence-corrected chi connectivity index (χ2v) is 4.66. The Morgan fingerprint density at radius 1 is 1.19 bits per heavy atom. The van der Waals surface area contributed by atoms with E-state index in [1.54, 1.807) is 14.1 Å². The van der Waals surface area contributed by atoms with E-state index in [0.717, 1.165) is 0 Å². The van der Waals surface area contributed by atoms with E-state index in [4.69, 9.17) is 0 Å². The maximum Gasteiger partial charge on any atom is 0.451 e. The highest BCUT2D eigenvalue weighted by atomic mass is 19.4. The smallest absolute Gasteiger partial charge is 0.345 e. The van der Waals surface area contributed by atoms with Gasteiger partial charge in [-0.25, -0.2) is 9.67 Å². The topological polar surface area (TPSA) is 51.0 Å². The van der Waals surface area contributed by atoms with E-state index in [1.165, 1.54) is 36.2 Å². The Morgan fingerprint density at radius 3 is 2.19 bits per heavy atom. The number of halogens is 3. The van der Waals surface area contributed by atoms with Gasteiger partial charge in [0.2, 0.25) is 5.82 Å². The Labute approximate surface area is 119 Å². The molecule has 1 heterocycles. The monoisotopic (exact) mass is 298 g/mol. The number of nitrogens with zero attached hydrogens (tertiary/aromatic N) is 4. The van der Waals surface area contributed by atoms with Crippen molar-refractivity contribution in [1.82, 2.24) is 19.7 Å². The number of carbonyl (C=O) groups excluding carboxylic acids is 1. The summed E-state index contributed by atoms with van der Waals surface area (Å²) in [7, 11) is 4.42. The maximum atomic E-state index is 12.7. The molecule has 5 nitrogen and oxygen atoms in total. The molecule has 0 aliphatic carbocycles. The molecule has 0 fully saturated rings. The molecule has 0 N–H and O–H groups in total.